The molecule has 4 nitrogen and oxygen atoms in total. The number of nitrogens with zero attached hydrogens (tertiary/aromatic N) is 3. The third-order valence-electron chi connectivity index (χ3n) is 2.97. The van der Waals surface area contributed by atoms with E-state index in [1.165, 1.54) is 6.07 Å². The van der Waals surface area contributed by atoms with Gasteiger partial charge in [-0.25, -0.2) is 14.1 Å². The molecule has 2 heterocycles. The van der Waals surface area contributed by atoms with Crippen molar-refractivity contribution in [3.8, 4) is 5.82 Å². The molecule has 1 N–H and O–H groups in total. The predicted molar refractivity (Wildman–Crippen MR) is 80.1 cm³/mol. The molecule has 106 valence electrons. The Labute approximate surface area is 126 Å². The maximum absolute atomic E-state index is 13.1. The van der Waals surface area contributed by atoms with Crippen LogP contribution < -0.4 is 5.32 Å². The molecule has 3 aromatic rings. The summed E-state index contributed by atoms with van der Waals surface area (Å²) in [4.78, 5) is 4.32. The minimum atomic E-state index is -0.411. The highest BCUT2D eigenvalue weighted by atomic mass is 35.5. The Kier molecular flexibility index (Phi) is 3.83. The van der Waals surface area contributed by atoms with Crippen molar-refractivity contribution in [2.45, 2.75) is 6.54 Å². The Bertz CT molecular complexity index is 726. The van der Waals surface area contributed by atoms with Gasteiger partial charge in [0.15, 0.2) is 5.82 Å². The number of hydrogen-bond donors (Lipinski definition) is 1. The van der Waals surface area contributed by atoms with Crippen LogP contribution in [-0.4, -0.2) is 14.8 Å². The van der Waals surface area contributed by atoms with Gasteiger partial charge in [0.2, 0.25) is 0 Å². The zero-order valence-corrected chi connectivity index (χ0v) is 11.8. The van der Waals surface area contributed by atoms with Crippen molar-refractivity contribution >= 4 is 17.3 Å². The minimum Gasteiger partial charge on any atom is -0.380 e. The number of pyridine rings is 1. The van der Waals surface area contributed by atoms with Crippen molar-refractivity contribution in [2.24, 2.45) is 0 Å². The van der Waals surface area contributed by atoms with E-state index in [9.17, 15) is 4.39 Å². The molecule has 0 aliphatic carbocycles. The van der Waals surface area contributed by atoms with E-state index < -0.39 is 5.82 Å². The summed E-state index contributed by atoms with van der Waals surface area (Å²) in [5.74, 6) is 0.334. The summed E-state index contributed by atoms with van der Waals surface area (Å²) in [5, 5.41) is 7.44. The van der Waals surface area contributed by atoms with Crippen molar-refractivity contribution in [2.75, 3.05) is 5.32 Å². The molecule has 0 bridgehead atoms. The lowest BCUT2D eigenvalue weighted by atomic mass is 10.2. The zero-order chi connectivity index (χ0) is 14.7. The Morgan fingerprint density at radius 3 is 2.81 bits per heavy atom. The summed E-state index contributed by atoms with van der Waals surface area (Å²) < 4.78 is 14.8. The van der Waals surface area contributed by atoms with Crippen LogP contribution in [0.1, 0.15) is 5.56 Å². The molecular weight excluding hydrogens is 291 g/mol. The molecule has 0 unspecified atom stereocenters. The van der Waals surface area contributed by atoms with Gasteiger partial charge in [-0.15, -0.1) is 0 Å². The summed E-state index contributed by atoms with van der Waals surface area (Å²) in [6, 6.07) is 10.3. The van der Waals surface area contributed by atoms with E-state index in [0.29, 0.717) is 6.54 Å². The molecule has 0 aliphatic heterocycles. The van der Waals surface area contributed by atoms with Crippen molar-refractivity contribution in [1.82, 2.24) is 14.8 Å². The Hall–Kier alpha value is -2.40. The fourth-order valence-corrected chi connectivity index (χ4v) is 2.09. The summed E-state index contributed by atoms with van der Waals surface area (Å²) in [6.07, 6.45) is 5.25. The van der Waals surface area contributed by atoms with E-state index in [1.807, 2.05) is 24.4 Å². The van der Waals surface area contributed by atoms with Crippen LogP contribution in [0.3, 0.4) is 0 Å². The van der Waals surface area contributed by atoms with E-state index in [-0.39, 0.29) is 5.02 Å². The van der Waals surface area contributed by atoms with Gasteiger partial charge >= 0.3 is 0 Å². The highest BCUT2D eigenvalue weighted by Gasteiger charge is 2.02. The number of benzene rings is 1. The number of aromatic nitrogens is 3. The number of halogens is 2. The molecule has 0 radical (unpaired) electrons. The second-order valence-corrected chi connectivity index (χ2v) is 4.86. The van der Waals surface area contributed by atoms with Crippen LogP contribution in [0, 0.1) is 5.82 Å². The smallest absolute Gasteiger partial charge is 0.153 e. The molecule has 0 spiro atoms. The molecule has 2 aromatic heterocycles. The molecule has 1 aromatic carbocycles. The molecule has 3 rings (SSSR count). The highest BCUT2D eigenvalue weighted by Crippen LogP contribution is 2.17. The van der Waals surface area contributed by atoms with Gasteiger partial charge in [0.25, 0.3) is 0 Å². The Balaban J connectivity index is 1.66. The van der Waals surface area contributed by atoms with Crippen molar-refractivity contribution in [3.63, 3.8) is 0 Å². The molecule has 0 amide bonds. The monoisotopic (exact) mass is 302 g/mol. The fourth-order valence-electron chi connectivity index (χ4n) is 1.88. The van der Waals surface area contributed by atoms with Crippen LogP contribution in [0.5, 0.6) is 0 Å². The summed E-state index contributed by atoms with van der Waals surface area (Å²) in [6.45, 7) is 0.544. The molecule has 21 heavy (non-hydrogen) atoms. The van der Waals surface area contributed by atoms with Crippen LogP contribution in [0.25, 0.3) is 5.82 Å². The van der Waals surface area contributed by atoms with Crippen LogP contribution in [0.15, 0.2) is 55.0 Å². The van der Waals surface area contributed by atoms with Gasteiger partial charge < -0.3 is 5.32 Å². The van der Waals surface area contributed by atoms with Crippen LogP contribution in [-0.2, 0) is 6.54 Å². The van der Waals surface area contributed by atoms with E-state index in [4.69, 9.17) is 11.6 Å². The first-order chi connectivity index (χ1) is 10.2. The van der Waals surface area contributed by atoms with Gasteiger partial charge in [0.05, 0.1) is 16.9 Å². The normalized spacial score (nSPS) is 10.6. The van der Waals surface area contributed by atoms with E-state index in [2.05, 4.69) is 15.4 Å². The fraction of sp³-hybridized carbons (Fsp3) is 0.0667. The average Bonchev–Trinajstić information content (AvgIpc) is 3.03. The molecule has 0 saturated carbocycles. The third-order valence-corrected chi connectivity index (χ3v) is 3.26. The largest absolute Gasteiger partial charge is 0.380 e. The number of hydrogen-bond acceptors (Lipinski definition) is 3. The maximum atomic E-state index is 13.1. The zero-order valence-electron chi connectivity index (χ0n) is 11.0. The number of nitrogens with one attached hydrogen (secondary N) is 1. The Morgan fingerprint density at radius 1 is 1.24 bits per heavy atom. The summed E-state index contributed by atoms with van der Waals surface area (Å²) in [5.41, 5.74) is 1.77. The van der Waals surface area contributed by atoms with Gasteiger partial charge in [-0.1, -0.05) is 17.7 Å². The SMILES string of the molecule is Fc1ccc(CNc2ccc(-n3cccn3)nc2)cc1Cl. The third kappa shape index (κ3) is 3.20. The van der Waals surface area contributed by atoms with Crippen LogP contribution in [0.4, 0.5) is 10.1 Å². The minimum absolute atomic E-state index is 0.126. The highest BCUT2D eigenvalue weighted by molar-refractivity contribution is 6.30. The maximum Gasteiger partial charge on any atom is 0.153 e. The standard InChI is InChI=1S/C15H12ClFN4/c16-13-8-11(2-4-14(13)17)9-18-12-3-5-15(19-10-12)21-7-1-6-20-21/h1-8,10,18H,9H2. The number of rotatable bonds is 4. The molecule has 0 fully saturated rings. The lowest BCUT2D eigenvalue weighted by Crippen LogP contribution is -2.02. The molecule has 0 aliphatic rings. The lowest BCUT2D eigenvalue weighted by molar-refractivity contribution is 0.627. The average molecular weight is 303 g/mol. The molecule has 0 saturated heterocycles. The molecule has 0 atom stereocenters. The Morgan fingerprint density at radius 2 is 2.14 bits per heavy atom. The second-order valence-electron chi connectivity index (χ2n) is 4.46. The van der Waals surface area contributed by atoms with E-state index in [1.54, 1.807) is 29.2 Å². The van der Waals surface area contributed by atoms with Gasteiger partial charge in [0.1, 0.15) is 5.82 Å². The van der Waals surface area contributed by atoms with E-state index in [0.717, 1.165) is 17.1 Å². The van der Waals surface area contributed by atoms with Crippen LogP contribution in [0.2, 0.25) is 5.02 Å². The van der Waals surface area contributed by atoms with Crippen molar-refractivity contribution in [3.05, 3.63) is 71.4 Å². The second kappa shape index (κ2) is 5.93. The topological polar surface area (TPSA) is 42.7 Å². The first-order valence-corrected chi connectivity index (χ1v) is 6.74. The van der Waals surface area contributed by atoms with Gasteiger partial charge in [-0.3, -0.25) is 0 Å². The van der Waals surface area contributed by atoms with Gasteiger partial charge in [-0.05, 0) is 35.9 Å². The summed E-state index contributed by atoms with van der Waals surface area (Å²) >= 11 is 5.75. The number of anilines is 1. The molecular formula is C15H12ClFN4. The van der Waals surface area contributed by atoms with Gasteiger partial charge in [-0.2, -0.15) is 5.10 Å². The molecule has 6 heteroatoms. The van der Waals surface area contributed by atoms with E-state index >= 15 is 0 Å². The quantitative estimate of drug-likeness (QED) is 0.799. The summed E-state index contributed by atoms with van der Waals surface area (Å²) in [7, 11) is 0. The van der Waals surface area contributed by atoms with Crippen molar-refractivity contribution < 1.29 is 4.39 Å². The first kappa shape index (κ1) is 13.6. The van der Waals surface area contributed by atoms with Gasteiger partial charge in [0, 0.05) is 18.9 Å². The van der Waals surface area contributed by atoms with Crippen molar-refractivity contribution in [1.29, 1.82) is 0 Å². The predicted octanol–water partition coefficient (Wildman–Crippen LogP) is 3.67. The van der Waals surface area contributed by atoms with Crippen LogP contribution >= 0.6 is 11.6 Å². The lowest BCUT2D eigenvalue weighted by Gasteiger charge is -2.08. The first-order valence-electron chi connectivity index (χ1n) is 6.36.